The van der Waals surface area contributed by atoms with Crippen LogP contribution in [0.5, 0.6) is 0 Å². The van der Waals surface area contributed by atoms with Gasteiger partial charge in [-0.3, -0.25) is 0 Å². The fraction of sp³-hybridized carbons (Fsp3) is 0.667. The topological polar surface area (TPSA) is 64.0 Å². The summed E-state index contributed by atoms with van der Waals surface area (Å²) in [5, 5.41) is 2.49. The van der Waals surface area contributed by atoms with Crippen molar-refractivity contribution in [2.24, 2.45) is 7.05 Å². The number of nitrogens with zero attached hydrogens (tertiary/aromatic N) is 2. The van der Waals surface area contributed by atoms with Crippen LogP contribution in [-0.4, -0.2) is 36.5 Å². The zero-order valence-corrected chi connectivity index (χ0v) is 10.2. The molecule has 1 N–H and O–H groups in total. The van der Waals surface area contributed by atoms with Gasteiger partial charge in [0.05, 0.1) is 11.3 Å². The lowest BCUT2D eigenvalue weighted by Gasteiger charge is -2.21. The Labute approximate surface area is 90.4 Å². The summed E-state index contributed by atoms with van der Waals surface area (Å²) in [4.78, 5) is 4.16. The molecule has 0 aromatic carbocycles. The standard InChI is InChI=1S/C9H17N3O2S/c1-7(15(4,13)14)8(10-2)9-11-5-6-12(9)3/h5-8,10H,1-4H3. The molecule has 6 heteroatoms. The molecule has 1 aromatic rings. The van der Waals surface area contributed by atoms with Crippen molar-refractivity contribution in [1.82, 2.24) is 14.9 Å². The van der Waals surface area contributed by atoms with Gasteiger partial charge in [-0.2, -0.15) is 0 Å². The quantitative estimate of drug-likeness (QED) is 0.799. The summed E-state index contributed by atoms with van der Waals surface area (Å²) < 4.78 is 24.7. The van der Waals surface area contributed by atoms with Gasteiger partial charge >= 0.3 is 0 Å². The molecule has 5 nitrogen and oxygen atoms in total. The molecule has 0 saturated carbocycles. The summed E-state index contributed by atoms with van der Waals surface area (Å²) in [5.41, 5.74) is 0. The van der Waals surface area contributed by atoms with E-state index in [1.54, 1.807) is 26.4 Å². The largest absolute Gasteiger partial charge is 0.337 e. The third kappa shape index (κ3) is 2.57. The molecule has 0 spiro atoms. The van der Waals surface area contributed by atoms with Crippen molar-refractivity contribution in [3.8, 4) is 0 Å². The predicted octanol–water partition coefficient (Wildman–Crippen LogP) is 0.114. The van der Waals surface area contributed by atoms with Crippen LogP contribution in [0.1, 0.15) is 18.8 Å². The average molecular weight is 231 g/mol. The normalized spacial score (nSPS) is 16.3. The van der Waals surface area contributed by atoms with Gasteiger partial charge in [0, 0.05) is 25.7 Å². The highest BCUT2D eigenvalue weighted by Gasteiger charge is 2.28. The fourth-order valence-corrected chi connectivity index (χ4v) is 2.25. The Morgan fingerprint density at radius 1 is 1.53 bits per heavy atom. The van der Waals surface area contributed by atoms with Crippen molar-refractivity contribution in [1.29, 1.82) is 0 Å². The predicted molar refractivity (Wildman–Crippen MR) is 59.3 cm³/mol. The van der Waals surface area contributed by atoms with Crippen LogP contribution in [-0.2, 0) is 16.9 Å². The van der Waals surface area contributed by atoms with E-state index in [2.05, 4.69) is 10.3 Å². The van der Waals surface area contributed by atoms with Crippen LogP contribution in [0.2, 0.25) is 0 Å². The first-order valence-corrected chi connectivity index (χ1v) is 6.66. The molecule has 1 heterocycles. The molecule has 0 aliphatic rings. The number of hydrogen-bond acceptors (Lipinski definition) is 4. The van der Waals surface area contributed by atoms with Crippen molar-refractivity contribution in [2.75, 3.05) is 13.3 Å². The first-order valence-electron chi connectivity index (χ1n) is 4.71. The summed E-state index contributed by atoms with van der Waals surface area (Å²) in [7, 11) is 0.513. The number of nitrogens with one attached hydrogen (secondary N) is 1. The van der Waals surface area contributed by atoms with Crippen LogP contribution in [0.4, 0.5) is 0 Å². The van der Waals surface area contributed by atoms with Crippen molar-refractivity contribution in [3.05, 3.63) is 18.2 Å². The Morgan fingerprint density at radius 2 is 2.13 bits per heavy atom. The maximum Gasteiger partial charge on any atom is 0.152 e. The summed E-state index contributed by atoms with van der Waals surface area (Å²) in [6.45, 7) is 1.69. The monoisotopic (exact) mass is 231 g/mol. The molecule has 0 aliphatic heterocycles. The molecule has 86 valence electrons. The Bertz CT molecular complexity index is 424. The van der Waals surface area contributed by atoms with E-state index in [1.165, 1.54) is 6.26 Å². The smallest absolute Gasteiger partial charge is 0.152 e. The first-order chi connectivity index (χ1) is 6.88. The number of imidazole rings is 1. The van der Waals surface area contributed by atoms with Gasteiger partial charge in [-0.15, -0.1) is 0 Å². The fourth-order valence-electron chi connectivity index (χ4n) is 1.50. The van der Waals surface area contributed by atoms with Gasteiger partial charge < -0.3 is 9.88 Å². The molecular weight excluding hydrogens is 214 g/mol. The Morgan fingerprint density at radius 3 is 2.47 bits per heavy atom. The molecule has 2 atom stereocenters. The summed E-state index contributed by atoms with van der Waals surface area (Å²) >= 11 is 0. The van der Waals surface area contributed by atoms with E-state index in [4.69, 9.17) is 0 Å². The Kier molecular flexibility index (Phi) is 3.51. The summed E-state index contributed by atoms with van der Waals surface area (Å²) in [5.74, 6) is 0.732. The minimum absolute atomic E-state index is 0.278. The molecule has 1 aromatic heterocycles. The molecule has 0 amide bonds. The van der Waals surface area contributed by atoms with Crippen molar-refractivity contribution in [3.63, 3.8) is 0 Å². The highest BCUT2D eigenvalue weighted by Crippen LogP contribution is 2.19. The SMILES string of the molecule is CNC(c1nccn1C)C(C)S(C)(=O)=O. The van der Waals surface area contributed by atoms with E-state index < -0.39 is 15.1 Å². The second-order valence-electron chi connectivity index (χ2n) is 3.70. The maximum atomic E-state index is 11.5. The molecule has 0 fully saturated rings. The molecular formula is C9H17N3O2S. The lowest BCUT2D eigenvalue weighted by atomic mass is 10.2. The van der Waals surface area contributed by atoms with Gasteiger partial charge in [-0.1, -0.05) is 0 Å². The minimum atomic E-state index is -3.07. The molecule has 0 saturated heterocycles. The van der Waals surface area contributed by atoms with Crippen LogP contribution in [0.25, 0.3) is 0 Å². The zero-order chi connectivity index (χ0) is 11.6. The van der Waals surface area contributed by atoms with Crippen LogP contribution in [0.15, 0.2) is 12.4 Å². The lowest BCUT2D eigenvalue weighted by Crippen LogP contribution is -2.34. The third-order valence-corrected chi connectivity index (χ3v) is 4.22. The molecule has 0 bridgehead atoms. The Hall–Kier alpha value is -0.880. The highest BCUT2D eigenvalue weighted by atomic mass is 32.2. The van der Waals surface area contributed by atoms with Gasteiger partial charge in [0.25, 0.3) is 0 Å². The maximum absolute atomic E-state index is 11.5. The van der Waals surface area contributed by atoms with Gasteiger partial charge in [-0.05, 0) is 14.0 Å². The van der Waals surface area contributed by atoms with E-state index in [-0.39, 0.29) is 6.04 Å². The number of sulfone groups is 1. The third-order valence-electron chi connectivity index (χ3n) is 2.59. The number of hydrogen-bond donors (Lipinski definition) is 1. The van der Waals surface area contributed by atoms with Crippen molar-refractivity contribution >= 4 is 9.84 Å². The van der Waals surface area contributed by atoms with E-state index in [1.807, 2.05) is 11.6 Å². The number of aryl methyl sites for hydroxylation is 1. The molecule has 0 aliphatic carbocycles. The van der Waals surface area contributed by atoms with Crippen LogP contribution in [0.3, 0.4) is 0 Å². The van der Waals surface area contributed by atoms with Gasteiger partial charge in [0.2, 0.25) is 0 Å². The molecule has 1 rings (SSSR count). The molecule has 2 unspecified atom stereocenters. The second-order valence-corrected chi connectivity index (χ2v) is 6.10. The van der Waals surface area contributed by atoms with Gasteiger partial charge in [0.1, 0.15) is 5.82 Å². The van der Waals surface area contributed by atoms with Gasteiger partial charge in [0.15, 0.2) is 9.84 Å². The number of aromatic nitrogens is 2. The van der Waals surface area contributed by atoms with E-state index in [0.717, 1.165) is 5.82 Å². The summed E-state index contributed by atoms with van der Waals surface area (Å²) in [6.07, 6.45) is 4.70. The van der Waals surface area contributed by atoms with E-state index in [0.29, 0.717) is 0 Å². The van der Waals surface area contributed by atoms with Crippen LogP contribution in [0, 0.1) is 0 Å². The number of rotatable bonds is 4. The zero-order valence-electron chi connectivity index (χ0n) is 9.43. The van der Waals surface area contributed by atoms with Crippen molar-refractivity contribution < 1.29 is 8.42 Å². The van der Waals surface area contributed by atoms with E-state index >= 15 is 0 Å². The van der Waals surface area contributed by atoms with Crippen molar-refractivity contribution in [2.45, 2.75) is 18.2 Å². The lowest BCUT2D eigenvalue weighted by molar-refractivity contribution is 0.505. The average Bonchev–Trinajstić information content (AvgIpc) is 2.52. The molecule has 15 heavy (non-hydrogen) atoms. The minimum Gasteiger partial charge on any atom is -0.337 e. The van der Waals surface area contributed by atoms with Crippen LogP contribution >= 0.6 is 0 Å². The van der Waals surface area contributed by atoms with E-state index in [9.17, 15) is 8.42 Å². The van der Waals surface area contributed by atoms with Gasteiger partial charge in [-0.25, -0.2) is 13.4 Å². The highest BCUT2D eigenvalue weighted by molar-refractivity contribution is 7.91. The summed E-state index contributed by atoms with van der Waals surface area (Å²) in [6, 6.07) is -0.278. The molecule has 0 radical (unpaired) electrons. The first kappa shape index (κ1) is 12.2. The second kappa shape index (κ2) is 4.32. The van der Waals surface area contributed by atoms with Crippen LogP contribution < -0.4 is 5.32 Å². The Balaban J connectivity index is 3.06.